The molecule has 3 nitrogen and oxygen atoms in total. The summed E-state index contributed by atoms with van der Waals surface area (Å²) < 4.78 is 11.5. The third kappa shape index (κ3) is 3.98. The lowest BCUT2D eigenvalue weighted by molar-refractivity contribution is 0.466. The molecule has 1 aliphatic carbocycles. The first kappa shape index (κ1) is 23.2. The van der Waals surface area contributed by atoms with Crippen LogP contribution in [-0.2, 0) is 0 Å². The van der Waals surface area contributed by atoms with Crippen LogP contribution in [0.5, 0.6) is 5.75 Å². The van der Waals surface area contributed by atoms with Gasteiger partial charge >= 0.3 is 0 Å². The van der Waals surface area contributed by atoms with Crippen LogP contribution in [0.4, 0.5) is 0 Å². The standard InChI is InChI=1S/C19H5Br4I3O3/c20-8-1-6(14(21)16(23)15(8)22)13-5-2-9(24)11(27)4-12(5)29-19-7(13)3-10(25)18(28)17(19)26/h1-4,28H. The van der Waals surface area contributed by atoms with Gasteiger partial charge in [-0.2, -0.15) is 0 Å². The predicted octanol–water partition coefficient (Wildman–Crippen LogP) is 9.13. The maximum atomic E-state index is 12.3. The third-order valence-corrected chi connectivity index (χ3v) is 11.6. The molecule has 0 fully saturated rings. The fraction of sp³-hybridized carbons (Fsp3) is 0. The second kappa shape index (κ2) is 8.76. The zero-order valence-electron chi connectivity index (χ0n) is 13.7. The Morgan fingerprint density at radius 1 is 0.828 bits per heavy atom. The van der Waals surface area contributed by atoms with E-state index in [2.05, 4.69) is 109 Å². The van der Waals surface area contributed by atoms with Crippen molar-refractivity contribution in [3.8, 4) is 28.2 Å². The molecule has 1 N–H and O–H groups in total. The third-order valence-electron chi connectivity index (χ3n) is 4.31. The Kier molecular flexibility index (Phi) is 7.01. The van der Waals surface area contributed by atoms with Gasteiger partial charge in [0.2, 0.25) is 0 Å². The van der Waals surface area contributed by atoms with Crippen LogP contribution in [0, 0.1) is 10.7 Å². The molecule has 0 atom stereocenters. The lowest BCUT2D eigenvalue weighted by Gasteiger charge is -2.19. The van der Waals surface area contributed by atoms with Crippen LogP contribution in [0.25, 0.3) is 33.4 Å². The molecule has 148 valence electrons. The molecule has 10 heteroatoms. The first-order chi connectivity index (χ1) is 13.6. The van der Waals surface area contributed by atoms with E-state index in [9.17, 15) is 9.90 Å². The van der Waals surface area contributed by atoms with Crippen molar-refractivity contribution in [1.29, 1.82) is 0 Å². The van der Waals surface area contributed by atoms with Gasteiger partial charge in [0, 0.05) is 40.5 Å². The minimum atomic E-state index is -0.103. The molecule has 1 heterocycles. The molecule has 2 aromatic carbocycles. The number of halogens is 7. The normalized spacial score (nSPS) is 11.6. The Bertz CT molecular complexity index is 1370. The lowest BCUT2D eigenvalue weighted by Crippen LogP contribution is -2.06. The quantitative estimate of drug-likeness (QED) is 0.0897. The Balaban J connectivity index is 2.32. The van der Waals surface area contributed by atoms with Crippen molar-refractivity contribution in [1.82, 2.24) is 0 Å². The summed E-state index contributed by atoms with van der Waals surface area (Å²) in [7, 11) is 0. The zero-order valence-corrected chi connectivity index (χ0v) is 26.5. The van der Waals surface area contributed by atoms with Crippen molar-refractivity contribution in [3.05, 3.63) is 63.1 Å². The van der Waals surface area contributed by atoms with Crippen LogP contribution < -0.4 is 5.43 Å². The molecule has 0 saturated carbocycles. The molecule has 29 heavy (non-hydrogen) atoms. The maximum Gasteiger partial charge on any atom is 0.195 e. The van der Waals surface area contributed by atoms with Crippen LogP contribution in [0.2, 0.25) is 0 Å². The SMILES string of the molecule is O=c1cc2oc3c(I)c(O)c(I)cc3c(-c3cc(Br)c(Br)c(Br)c3Br)c-2cc1I. The van der Waals surface area contributed by atoms with Gasteiger partial charge in [0.15, 0.2) is 11.0 Å². The topological polar surface area (TPSA) is 50.4 Å². The van der Waals surface area contributed by atoms with Crippen molar-refractivity contribution < 1.29 is 9.52 Å². The largest absolute Gasteiger partial charge is 0.506 e. The van der Waals surface area contributed by atoms with Gasteiger partial charge in [-0.25, -0.2) is 0 Å². The Morgan fingerprint density at radius 2 is 1.52 bits per heavy atom. The van der Waals surface area contributed by atoms with E-state index in [1.165, 1.54) is 6.07 Å². The first-order valence-electron chi connectivity index (χ1n) is 7.72. The average molecular weight is 982 g/mol. The number of phenols is 1. The van der Waals surface area contributed by atoms with E-state index in [1.54, 1.807) is 0 Å². The number of rotatable bonds is 1. The molecule has 0 aromatic heterocycles. The first-order valence-corrected chi connectivity index (χ1v) is 14.1. The molecule has 0 amide bonds. The second-order valence-electron chi connectivity index (χ2n) is 6.00. The van der Waals surface area contributed by atoms with Crippen molar-refractivity contribution in [3.63, 3.8) is 0 Å². The number of benzene rings is 3. The molecule has 0 saturated heterocycles. The van der Waals surface area contributed by atoms with E-state index in [4.69, 9.17) is 4.42 Å². The van der Waals surface area contributed by atoms with Crippen LogP contribution >= 0.6 is 131 Å². The Morgan fingerprint density at radius 3 is 2.21 bits per heavy atom. The number of hydrogen-bond donors (Lipinski definition) is 1. The molecule has 4 rings (SSSR count). The van der Waals surface area contributed by atoms with Gasteiger partial charge in [0.25, 0.3) is 0 Å². The zero-order chi connectivity index (χ0) is 21.2. The molecular weight excluding hydrogens is 977 g/mol. The van der Waals surface area contributed by atoms with Crippen LogP contribution in [0.1, 0.15) is 0 Å². The Labute approximate surface area is 239 Å². The summed E-state index contributed by atoms with van der Waals surface area (Å²) in [6.45, 7) is 0. The van der Waals surface area contributed by atoms with Crippen LogP contribution in [-0.4, -0.2) is 5.11 Å². The van der Waals surface area contributed by atoms with Gasteiger partial charge in [0.1, 0.15) is 11.5 Å². The summed E-state index contributed by atoms with van der Waals surface area (Å²) in [6.07, 6.45) is 0. The van der Waals surface area contributed by atoms with Gasteiger partial charge in [-0.15, -0.1) is 0 Å². The molecule has 0 bridgehead atoms. The van der Waals surface area contributed by atoms with E-state index in [0.717, 1.165) is 43.5 Å². The maximum absolute atomic E-state index is 12.3. The highest BCUT2D eigenvalue weighted by Gasteiger charge is 2.25. The molecular formula is C19H5Br4I3O3. The molecule has 2 aromatic rings. The number of hydrogen-bond acceptors (Lipinski definition) is 3. The monoisotopic (exact) mass is 977 g/mol. The van der Waals surface area contributed by atoms with Gasteiger partial charge in [-0.3, -0.25) is 4.79 Å². The molecule has 0 spiro atoms. The van der Waals surface area contributed by atoms with E-state index >= 15 is 0 Å². The average Bonchev–Trinajstić information content (AvgIpc) is 2.68. The molecule has 0 unspecified atom stereocenters. The van der Waals surface area contributed by atoms with Gasteiger partial charge in [0.05, 0.1) is 10.7 Å². The van der Waals surface area contributed by atoms with Crippen LogP contribution in [0.3, 0.4) is 0 Å². The van der Waals surface area contributed by atoms with E-state index < -0.39 is 0 Å². The summed E-state index contributed by atoms with van der Waals surface area (Å²) >= 11 is 20.8. The summed E-state index contributed by atoms with van der Waals surface area (Å²) in [5, 5.41) is 11.3. The van der Waals surface area contributed by atoms with Crippen molar-refractivity contribution in [2.45, 2.75) is 0 Å². The molecule has 2 aliphatic rings. The van der Waals surface area contributed by atoms with E-state index in [-0.39, 0.29) is 11.2 Å². The number of aromatic hydroxyl groups is 1. The highest BCUT2D eigenvalue weighted by Crippen LogP contribution is 2.49. The van der Waals surface area contributed by atoms with Gasteiger partial charge < -0.3 is 9.52 Å². The van der Waals surface area contributed by atoms with Crippen molar-refractivity contribution in [2.24, 2.45) is 0 Å². The summed E-state index contributed by atoms with van der Waals surface area (Å²) in [5.41, 5.74) is 3.09. The minimum Gasteiger partial charge on any atom is -0.506 e. The fourth-order valence-electron chi connectivity index (χ4n) is 2.99. The summed E-state index contributed by atoms with van der Waals surface area (Å²) in [6, 6.07) is 7.26. The summed E-state index contributed by atoms with van der Waals surface area (Å²) in [5.74, 6) is 0.636. The van der Waals surface area contributed by atoms with Crippen molar-refractivity contribution in [2.75, 3.05) is 0 Å². The molecule has 0 radical (unpaired) electrons. The Hall–Kier alpha value is 1.04. The highest BCUT2D eigenvalue weighted by atomic mass is 127. The van der Waals surface area contributed by atoms with Gasteiger partial charge in [-0.05, 0) is 155 Å². The smallest absolute Gasteiger partial charge is 0.195 e. The fourth-order valence-corrected chi connectivity index (χ4v) is 7.46. The van der Waals surface area contributed by atoms with E-state index in [1.807, 2.05) is 40.8 Å². The number of phenolic OH excluding ortho intramolecular Hbond substituents is 1. The number of fused-ring (bicyclic) bond motifs is 2. The lowest BCUT2D eigenvalue weighted by atomic mass is 9.94. The van der Waals surface area contributed by atoms with Gasteiger partial charge in [-0.1, -0.05) is 0 Å². The predicted molar refractivity (Wildman–Crippen MR) is 155 cm³/mol. The van der Waals surface area contributed by atoms with E-state index in [0.29, 0.717) is 18.5 Å². The molecule has 1 aliphatic heterocycles. The highest BCUT2D eigenvalue weighted by molar-refractivity contribution is 14.1. The van der Waals surface area contributed by atoms with Crippen LogP contribution in [0.15, 0.2) is 51.4 Å². The van der Waals surface area contributed by atoms with Crippen molar-refractivity contribution >= 4 is 142 Å². The second-order valence-corrected chi connectivity index (χ2v) is 12.6. The summed E-state index contributed by atoms with van der Waals surface area (Å²) in [4.78, 5) is 12.3. The minimum absolute atomic E-state index is 0.103.